The van der Waals surface area contributed by atoms with Gasteiger partial charge in [0.05, 0.1) is 34.4 Å². The molecule has 106 valence electrons. The van der Waals surface area contributed by atoms with Crippen LogP contribution in [0.4, 0.5) is 8.85 Å². The van der Waals surface area contributed by atoms with E-state index in [0.717, 1.165) is 0 Å². The van der Waals surface area contributed by atoms with Crippen LogP contribution in [0, 0.1) is 0 Å². The fourth-order valence-electron chi connectivity index (χ4n) is 1.68. The van der Waals surface area contributed by atoms with Crippen LogP contribution >= 0.6 is 0 Å². The molecule has 1 aromatic carbocycles. The number of carbonyl (C=O) groups excluding carboxylic acids is 4. The molecule has 0 unspecified atom stereocenters. The summed E-state index contributed by atoms with van der Waals surface area (Å²) in [5.74, 6) is -1.52. The number of carbonyl (C=O) groups is 2. The number of aliphatic imine (C=N–C) groups is 4. The van der Waals surface area contributed by atoms with Gasteiger partial charge in [-0.15, -0.1) is 0 Å². The molecule has 0 atom stereocenters. The molecule has 0 aromatic heterocycles. The van der Waals surface area contributed by atoms with Crippen LogP contribution < -0.4 is 0 Å². The average molecular weight is 296 g/mol. The first-order chi connectivity index (χ1) is 10.7. The number of urea groups is 2. The van der Waals surface area contributed by atoms with Gasteiger partial charge in [-0.2, -0.15) is 20.0 Å². The Morgan fingerprint density at radius 2 is 1.05 bits per heavy atom. The largest absolute Gasteiger partial charge is 0.617 e. The standard InChI is InChI=1S/C14H8N4O4/c19-11(21-13-15-5-6-16-13)9-3-1-2-4-10(9)12(20)22-14-17-7-8-18-14/h1-8H/q+2. The van der Waals surface area contributed by atoms with E-state index in [4.69, 9.17) is 8.85 Å². The van der Waals surface area contributed by atoms with Crippen molar-refractivity contribution in [2.45, 2.75) is 0 Å². The summed E-state index contributed by atoms with van der Waals surface area (Å²) < 4.78 is 9.93. The molecular formula is C14H8N4O4+2. The Balaban J connectivity index is 1.93. The summed E-state index contributed by atoms with van der Waals surface area (Å²) in [6.07, 6.45) is 5.54. The average Bonchev–Trinajstić information content (AvgIpc) is 3.21. The van der Waals surface area contributed by atoms with Crippen LogP contribution in [-0.2, 0) is 0 Å². The van der Waals surface area contributed by atoms with Crippen LogP contribution in [0.2, 0.25) is 0 Å². The van der Waals surface area contributed by atoms with Crippen LogP contribution in [-0.4, -0.2) is 48.9 Å². The van der Waals surface area contributed by atoms with E-state index in [0.29, 0.717) is 0 Å². The minimum Gasteiger partial charge on any atom is -0.228 e. The molecule has 2 aliphatic heterocycles. The first-order valence-electron chi connectivity index (χ1n) is 6.15. The lowest BCUT2D eigenvalue weighted by molar-refractivity contribution is -0.0676. The number of amides is 4. The van der Waals surface area contributed by atoms with E-state index in [1.54, 1.807) is 12.1 Å². The number of nitrogens with zero attached hydrogens (tertiary/aromatic N) is 4. The highest BCUT2D eigenvalue weighted by atomic mass is 16.5. The molecule has 2 aliphatic rings. The molecule has 1 aromatic rings. The lowest BCUT2D eigenvalue weighted by atomic mass is 10.1. The highest BCUT2D eigenvalue weighted by molar-refractivity contribution is 6.26. The first kappa shape index (κ1) is 13.6. The first-order valence-corrected chi connectivity index (χ1v) is 6.15. The van der Waals surface area contributed by atoms with Crippen LogP contribution in [0.1, 0.15) is 20.7 Å². The van der Waals surface area contributed by atoms with Gasteiger partial charge in [0, 0.05) is 0 Å². The Kier molecular flexibility index (Phi) is 3.65. The maximum absolute atomic E-state index is 12.1. The van der Waals surface area contributed by atoms with Crippen molar-refractivity contribution in [2.24, 2.45) is 20.0 Å². The van der Waals surface area contributed by atoms with E-state index < -0.39 is 11.9 Å². The molecule has 22 heavy (non-hydrogen) atoms. The number of rotatable bonds is 2. The summed E-state index contributed by atoms with van der Waals surface area (Å²) in [6.45, 7) is 0. The molecule has 8 nitrogen and oxygen atoms in total. The van der Waals surface area contributed by atoms with Crippen molar-refractivity contribution in [1.29, 1.82) is 0 Å². The smallest absolute Gasteiger partial charge is 0.228 e. The van der Waals surface area contributed by atoms with E-state index in [1.807, 2.05) is 0 Å². The molecule has 0 radical (unpaired) electrons. The predicted octanol–water partition coefficient (Wildman–Crippen LogP) is 1.59. The van der Waals surface area contributed by atoms with Crippen LogP contribution in [0.15, 0.2) is 44.2 Å². The Labute approximate surface area is 123 Å². The number of hydrogen-bond acceptors (Lipinski definition) is 2. The molecule has 0 N–H and O–H groups in total. The topological polar surface area (TPSA) is 106 Å². The molecule has 4 amide bonds. The third kappa shape index (κ3) is 2.85. The lowest BCUT2D eigenvalue weighted by Crippen LogP contribution is -2.05. The normalized spacial score (nSPS) is 14.7. The summed E-state index contributed by atoms with van der Waals surface area (Å²) in [4.78, 5) is 39.1. The van der Waals surface area contributed by atoms with Gasteiger partial charge in [0.2, 0.25) is 0 Å². The predicted molar refractivity (Wildman–Crippen MR) is 79.9 cm³/mol. The van der Waals surface area contributed by atoms with Crippen molar-refractivity contribution in [3.8, 4) is 0 Å². The molecule has 0 bridgehead atoms. The molecule has 0 fully saturated rings. The monoisotopic (exact) mass is 296 g/mol. The van der Waals surface area contributed by atoms with Gasteiger partial charge < -0.3 is 0 Å². The van der Waals surface area contributed by atoms with Gasteiger partial charge in [-0.25, -0.2) is 8.85 Å². The maximum atomic E-state index is 12.1. The molecule has 3 rings (SSSR count). The van der Waals surface area contributed by atoms with Gasteiger partial charge in [0.15, 0.2) is 11.1 Å². The van der Waals surface area contributed by atoms with Crippen molar-refractivity contribution in [1.82, 2.24) is 0 Å². The Hall–Kier alpha value is -3.42. The van der Waals surface area contributed by atoms with E-state index in [1.165, 1.54) is 37.0 Å². The van der Waals surface area contributed by atoms with Gasteiger partial charge in [-0.1, -0.05) is 12.1 Å². The second kappa shape index (κ2) is 5.92. The minimum atomic E-state index is -0.762. The van der Waals surface area contributed by atoms with Crippen molar-refractivity contribution in [2.75, 3.05) is 0 Å². The summed E-state index contributed by atoms with van der Waals surface area (Å²) in [5, 5.41) is 0. The molecule has 0 saturated heterocycles. The highest BCUT2D eigenvalue weighted by Gasteiger charge is 2.33. The van der Waals surface area contributed by atoms with Gasteiger partial charge in [-0.05, 0) is 12.1 Å². The van der Waals surface area contributed by atoms with Crippen molar-refractivity contribution in [3.05, 3.63) is 35.4 Å². The molecule has 8 heteroatoms. The fraction of sp³-hybridized carbons (Fsp3) is 0. The van der Waals surface area contributed by atoms with Crippen LogP contribution in [0.5, 0.6) is 0 Å². The third-order valence-corrected chi connectivity index (χ3v) is 2.61. The van der Waals surface area contributed by atoms with Crippen molar-refractivity contribution in [3.63, 3.8) is 0 Å². The summed E-state index contributed by atoms with van der Waals surface area (Å²) in [5.41, 5.74) is 0.0627. The number of hydrogen-bond donors (Lipinski definition) is 0. The zero-order valence-electron chi connectivity index (χ0n) is 11.0. The van der Waals surface area contributed by atoms with Gasteiger partial charge >= 0.3 is 24.0 Å². The van der Waals surface area contributed by atoms with E-state index in [-0.39, 0.29) is 23.2 Å². The maximum Gasteiger partial charge on any atom is 0.617 e. The molecular weight excluding hydrogens is 288 g/mol. The molecule has 0 saturated carbocycles. The van der Waals surface area contributed by atoms with Crippen molar-refractivity contribution < 1.29 is 18.4 Å². The summed E-state index contributed by atoms with van der Waals surface area (Å²) in [7, 11) is 0. The zero-order chi connectivity index (χ0) is 15.4. The number of benzene rings is 1. The molecule has 2 heterocycles. The fourth-order valence-corrected chi connectivity index (χ4v) is 1.68. The molecule has 0 aliphatic carbocycles. The third-order valence-electron chi connectivity index (χ3n) is 2.61. The Morgan fingerprint density at radius 3 is 1.41 bits per heavy atom. The van der Waals surface area contributed by atoms with E-state index in [2.05, 4.69) is 20.0 Å². The quantitative estimate of drug-likeness (QED) is 0.773. The Morgan fingerprint density at radius 1 is 0.682 bits per heavy atom. The summed E-state index contributed by atoms with van der Waals surface area (Å²) in [6, 6.07) is 5.89. The van der Waals surface area contributed by atoms with E-state index in [9.17, 15) is 9.59 Å². The second-order valence-electron chi connectivity index (χ2n) is 4.00. The van der Waals surface area contributed by atoms with Crippen molar-refractivity contribution >= 4 is 48.9 Å². The Bertz CT molecular complexity index is 734. The highest BCUT2D eigenvalue weighted by Crippen LogP contribution is 2.16. The van der Waals surface area contributed by atoms with E-state index >= 15 is 0 Å². The van der Waals surface area contributed by atoms with Crippen LogP contribution in [0.3, 0.4) is 0 Å². The minimum absolute atomic E-state index is 0.0313. The lowest BCUT2D eigenvalue weighted by Gasteiger charge is -1.90. The molecule has 0 spiro atoms. The van der Waals surface area contributed by atoms with Gasteiger partial charge in [-0.3, -0.25) is 0 Å². The van der Waals surface area contributed by atoms with Gasteiger partial charge in [0.25, 0.3) is 0 Å². The van der Waals surface area contributed by atoms with Crippen LogP contribution in [0.25, 0.3) is 0 Å². The second-order valence-corrected chi connectivity index (χ2v) is 4.00. The SMILES string of the molecule is O=C([O+]=C1N=CC=N1)c1ccccc1C(=O)[O+]=C1N=CC=N1. The zero-order valence-corrected chi connectivity index (χ0v) is 11.0. The van der Waals surface area contributed by atoms with Gasteiger partial charge in [0.1, 0.15) is 0 Å². The summed E-state index contributed by atoms with van der Waals surface area (Å²) >= 11 is 0.